The minimum absolute atomic E-state index is 0.148. The molecule has 1 aromatic carbocycles. The Kier molecular flexibility index (Phi) is 4.56. The molecule has 3 rings (SSSR count). The maximum absolute atomic E-state index is 12.8. The van der Waals surface area contributed by atoms with Gasteiger partial charge in [0.2, 0.25) is 6.10 Å². The van der Waals surface area contributed by atoms with Gasteiger partial charge in [-0.25, -0.2) is 9.59 Å². The van der Waals surface area contributed by atoms with Crippen LogP contribution in [-0.2, 0) is 19.1 Å². The zero-order valence-corrected chi connectivity index (χ0v) is 15.0. The number of rotatable bonds is 5. The molecule has 0 N–H and O–H groups in total. The van der Waals surface area contributed by atoms with E-state index in [9.17, 15) is 19.2 Å². The minimum Gasteiger partial charge on any atom is -0.462 e. The van der Waals surface area contributed by atoms with Gasteiger partial charge in [0.05, 0.1) is 11.1 Å². The fraction of sp³-hybridized carbons (Fsp3) is 0.474. The van der Waals surface area contributed by atoms with Crippen molar-refractivity contribution in [2.75, 3.05) is 6.61 Å². The number of cyclic esters (lactones) is 1. The third-order valence-corrected chi connectivity index (χ3v) is 4.72. The Morgan fingerprint density at radius 3 is 2.27 bits per heavy atom. The van der Waals surface area contributed by atoms with Crippen molar-refractivity contribution in [1.29, 1.82) is 0 Å². The molecule has 1 aromatic rings. The molecule has 2 aliphatic heterocycles. The number of hydrogen-bond donors (Lipinski definition) is 0. The third kappa shape index (κ3) is 2.87. The maximum atomic E-state index is 12.8. The lowest BCUT2D eigenvalue weighted by Crippen LogP contribution is -2.48. The summed E-state index contributed by atoms with van der Waals surface area (Å²) in [6, 6.07) is 5.37. The Morgan fingerprint density at radius 2 is 1.81 bits per heavy atom. The Hall–Kier alpha value is -2.70. The van der Waals surface area contributed by atoms with E-state index >= 15 is 0 Å². The number of hydrogen-bond acceptors (Lipinski definition) is 6. The predicted octanol–water partition coefficient (Wildman–Crippen LogP) is 1.95. The Balaban J connectivity index is 1.86. The molecule has 0 saturated carbocycles. The van der Waals surface area contributed by atoms with Crippen molar-refractivity contribution in [2.45, 2.75) is 45.8 Å². The van der Waals surface area contributed by atoms with Crippen LogP contribution in [0.3, 0.4) is 0 Å². The van der Waals surface area contributed by atoms with E-state index < -0.39 is 41.3 Å². The number of ether oxygens (including phenoxy) is 2. The highest BCUT2D eigenvalue weighted by molar-refractivity contribution is 6.22. The Bertz CT molecular complexity index is 749. The first kappa shape index (κ1) is 18.1. The number of carbonyl (C=O) groups is 4. The van der Waals surface area contributed by atoms with Gasteiger partial charge in [-0.05, 0) is 18.6 Å². The highest BCUT2D eigenvalue weighted by Crippen LogP contribution is 2.33. The van der Waals surface area contributed by atoms with Gasteiger partial charge in [0.15, 0.2) is 0 Å². The van der Waals surface area contributed by atoms with Crippen molar-refractivity contribution < 1.29 is 28.7 Å². The fourth-order valence-electron chi connectivity index (χ4n) is 3.25. The predicted molar refractivity (Wildman–Crippen MR) is 90.3 cm³/mol. The van der Waals surface area contributed by atoms with Gasteiger partial charge in [0.1, 0.15) is 12.6 Å². The summed E-state index contributed by atoms with van der Waals surface area (Å²) in [5.74, 6) is -2.41. The molecule has 1 fully saturated rings. The number of benzene rings is 1. The number of esters is 2. The zero-order chi connectivity index (χ0) is 19.1. The van der Waals surface area contributed by atoms with E-state index in [2.05, 4.69) is 0 Å². The van der Waals surface area contributed by atoms with Gasteiger partial charge in [-0.15, -0.1) is 0 Å². The molecule has 138 valence electrons. The molecule has 2 heterocycles. The van der Waals surface area contributed by atoms with Gasteiger partial charge in [0.25, 0.3) is 11.8 Å². The largest absolute Gasteiger partial charge is 0.462 e. The van der Waals surface area contributed by atoms with Crippen LogP contribution in [0.1, 0.15) is 54.3 Å². The average molecular weight is 359 g/mol. The lowest BCUT2D eigenvalue weighted by molar-refractivity contribution is -0.166. The van der Waals surface area contributed by atoms with Crippen LogP contribution >= 0.6 is 0 Å². The Morgan fingerprint density at radius 1 is 1.23 bits per heavy atom. The molecule has 2 atom stereocenters. The molecule has 0 spiro atoms. The van der Waals surface area contributed by atoms with Gasteiger partial charge in [-0.3, -0.25) is 14.5 Å². The number of nitrogens with zero attached hydrogens (tertiary/aromatic N) is 1. The summed E-state index contributed by atoms with van der Waals surface area (Å²) in [5.41, 5.74) is -0.120. The van der Waals surface area contributed by atoms with Crippen LogP contribution in [0.4, 0.5) is 0 Å². The summed E-state index contributed by atoms with van der Waals surface area (Å²) >= 11 is 0. The van der Waals surface area contributed by atoms with Gasteiger partial charge < -0.3 is 9.47 Å². The second kappa shape index (κ2) is 6.55. The van der Waals surface area contributed by atoms with E-state index in [-0.39, 0.29) is 24.2 Å². The highest BCUT2D eigenvalue weighted by Gasteiger charge is 2.49. The number of amides is 2. The van der Waals surface area contributed by atoms with E-state index in [0.29, 0.717) is 6.42 Å². The maximum Gasteiger partial charge on any atom is 0.348 e. The smallest absolute Gasteiger partial charge is 0.348 e. The molecule has 1 saturated heterocycles. The van der Waals surface area contributed by atoms with E-state index in [1.165, 1.54) is 0 Å². The standard InChI is InChI=1S/C19H21NO6/c1-4-7-13(17(23)26-14-18(24)25-10-19(14,2)3)20-15(21)11-8-5-6-9-12(11)16(20)22/h5-6,8-9,13-14H,4,7,10H2,1-3H3/t13-,14-/m0/s1. The van der Waals surface area contributed by atoms with Crippen LogP contribution in [-0.4, -0.2) is 47.4 Å². The normalized spacial score (nSPS) is 22.2. The lowest BCUT2D eigenvalue weighted by atomic mass is 9.90. The second-order valence-corrected chi connectivity index (χ2v) is 7.24. The summed E-state index contributed by atoms with van der Waals surface area (Å²) in [4.78, 5) is 50.9. The topological polar surface area (TPSA) is 90.0 Å². The molecular weight excluding hydrogens is 338 g/mol. The van der Waals surface area contributed by atoms with Gasteiger partial charge >= 0.3 is 11.9 Å². The Labute approximate surface area is 151 Å². The van der Waals surface area contributed by atoms with Crippen LogP contribution < -0.4 is 0 Å². The molecule has 0 bridgehead atoms. The third-order valence-electron chi connectivity index (χ3n) is 4.72. The monoisotopic (exact) mass is 359 g/mol. The zero-order valence-electron chi connectivity index (χ0n) is 15.0. The van der Waals surface area contributed by atoms with Crippen molar-refractivity contribution >= 4 is 23.8 Å². The lowest BCUT2D eigenvalue weighted by Gasteiger charge is -2.28. The first-order valence-corrected chi connectivity index (χ1v) is 8.62. The van der Waals surface area contributed by atoms with Crippen LogP contribution in [0.25, 0.3) is 0 Å². The summed E-state index contributed by atoms with van der Waals surface area (Å²) in [7, 11) is 0. The molecule has 0 unspecified atom stereocenters. The van der Waals surface area contributed by atoms with Crippen molar-refractivity contribution in [2.24, 2.45) is 5.41 Å². The molecule has 0 aliphatic carbocycles. The molecule has 2 aliphatic rings. The summed E-state index contributed by atoms with van der Waals surface area (Å²) in [6.45, 7) is 5.50. The van der Waals surface area contributed by atoms with Crippen LogP contribution in [0.5, 0.6) is 0 Å². The second-order valence-electron chi connectivity index (χ2n) is 7.24. The van der Waals surface area contributed by atoms with E-state index in [1.54, 1.807) is 38.1 Å². The number of imide groups is 1. The van der Waals surface area contributed by atoms with Gasteiger partial charge in [0, 0.05) is 5.41 Å². The first-order valence-electron chi connectivity index (χ1n) is 8.62. The number of fused-ring (bicyclic) bond motifs is 1. The first-order chi connectivity index (χ1) is 12.3. The van der Waals surface area contributed by atoms with Crippen molar-refractivity contribution in [3.63, 3.8) is 0 Å². The molecular formula is C19H21NO6. The molecule has 7 heteroatoms. The average Bonchev–Trinajstić information content (AvgIpc) is 3.01. The highest BCUT2D eigenvalue weighted by atomic mass is 16.6. The van der Waals surface area contributed by atoms with Crippen molar-refractivity contribution in [3.05, 3.63) is 35.4 Å². The number of carbonyl (C=O) groups excluding carboxylic acids is 4. The fourth-order valence-corrected chi connectivity index (χ4v) is 3.25. The van der Waals surface area contributed by atoms with Crippen LogP contribution in [0.15, 0.2) is 24.3 Å². The van der Waals surface area contributed by atoms with Crippen molar-refractivity contribution in [3.8, 4) is 0 Å². The van der Waals surface area contributed by atoms with Crippen LogP contribution in [0.2, 0.25) is 0 Å². The molecule has 2 amide bonds. The molecule has 0 aromatic heterocycles. The summed E-state index contributed by atoms with van der Waals surface area (Å²) < 4.78 is 10.4. The summed E-state index contributed by atoms with van der Waals surface area (Å²) in [6.07, 6.45) is -0.234. The SMILES string of the molecule is CCC[C@@H](C(=O)O[C@H]1C(=O)OCC1(C)C)N1C(=O)c2ccccc2C1=O. The molecule has 26 heavy (non-hydrogen) atoms. The quantitative estimate of drug-likeness (QED) is 0.590. The summed E-state index contributed by atoms with van der Waals surface area (Å²) in [5, 5.41) is 0. The van der Waals surface area contributed by atoms with Gasteiger partial charge in [-0.1, -0.05) is 39.3 Å². The van der Waals surface area contributed by atoms with E-state index in [0.717, 1.165) is 4.90 Å². The minimum atomic E-state index is -1.07. The molecule has 0 radical (unpaired) electrons. The van der Waals surface area contributed by atoms with E-state index in [4.69, 9.17) is 9.47 Å². The van der Waals surface area contributed by atoms with E-state index in [1.807, 2.05) is 6.92 Å². The molecule has 7 nitrogen and oxygen atoms in total. The van der Waals surface area contributed by atoms with Crippen LogP contribution in [0, 0.1) is 5.41 Å². The van der Waals surface area contributed by atoms with Crippen molar-refractivity contribution in [1.82, 2.24) is 4.90 Å². The van der Waals surface area contributed by atoms with Gasteiger partial charge in [-0.2, -0.15) is 0 Å².